The van der Waals surface area contributed by atoms with Crippen molar-refractivity contribution in [2.24, 2.45) is 0 Å². The van der Waals surface area contributed by atoms with E-state index in [0.29, 0.717) is 5.65 Å². The van der Waals surface area contributed by atoms with E-state index in [0.717, 1.165) is 53.8 Å². The molecule has 0 amide bonds. The van der Waals surface area contributed by atoms with Gasteiger partial charge in [-0.2, -0.15) is 0 Å². The number of hydrogen-bond donors (Lipinski definition) is 1. The van der Waals surface area contributed by atoms with Gasteiger partial charge in [-0.05, 0) is 50.3 Å². The first-order valence-corrected chi connectivity index (χ1v) is 7.94. The van der Waals surface area contributed by atoms with E-state index in [2.05, 4.69) is 5.10 Å². The monoisotopic (exact) mass is 324 g/mol. The number of nitro benzene ring substituents is 1. The van der Waals surface area contributed by atoms with Gasteiger partial charge >= 0.3 is 0 Å². The SMILES string of the molecule is Cc1[nH]n2c(=O)c3c(nc2c1-c1ccc([N+](=O)[O-])cc1)CCCC3. The number of fused-ring (bicyclic) bond motifs is 2. The lowest BCUT2D eigenvalue weighted by Crippen LogP contribution is -2.25. The number of H-pyrrole nitrogens is 1. The van der Waals surface area contributed by atoms with Gasteiger partial charge in [0.15, 0.2) is 5.65 Å². The normalized spacial score (nSPS) is 13.9. The standard InChI is InChI=1S/C17H16N4O3/c1-10-15(11-6-8-12(9-7-11)21(23)24)16-18-14-5-3-2-4-13(14)17(22)20(16)19-10/h6-9,19H,2-5H2,1H3. The highest BCUT2D eigenvalue weighted by Crippen LogP contribution is 2.29. The molecule has 0 saturated heterocycles. The topological polar surface area (TPSA) is 93.3 Å². The fourth-order valence-electron chi connectivity index (χ4n) is 3.41. The molecule has 0 atom stereocenters. The third-order valence-electron chi connectivity index (χ3n) is 4.60. The van der Waals surface area contributed by atoms with Gasteiger partial charge in [0, 0.05) is 29.0 Å². The molecule has 0 spiro atoms. The third-order valence-corrected chi connectivity index (χ3v) is 4.60. The zero-order chi connectivity index (χ0) is 16.8. The van der Waals surface area contributed by atoms with Crippen LogP contribution in [-0.4, -0.2) is 19.5 Å². The van der Waals surface area contributed by atoms with Crippen LogP contribution in [0.2, 0.25) is 0 Å². The molecular formula is C17H16N4O3. The summed E-state index contributed by atoms with van der Waals surface area (Å²) in [5, 5.41) is 13.9. The van der Waals surface area contributed by atoms with E-state index in [-0.39, 0.29) is 11.2 Å². The molecule has 3 aromatic rings. The van der Waals surface area contributed by atoms with Gasteiger partial charge in [0.05, 0.1) is 10.6 Å². The second-order valence-corrected chi connectivity index (χ2v) is 6.12. The Morgan fingerprint density at radius 1 is 1.21 bits per heavy atom. The highest BCUT2D eigenvalue weighted by molar-refractivity contribution is 5.80. The Morgan fingerprint density at radius 2 is 1.92 bits per heavy atom. The molecule has 122 valence electrons. The van der Waals surface area contributed by atoms with Crippen molar-refractivity contribution in [2.45, 2.75) is 32.6 Å². The van der Waals surface area contributed by atoms with Crippen LogP contribution in [0, 0.1) is 17.0 Å². The highest BCUT2D eigenvalue weighted by Gasteiger charge is 2.21. The van der Waals surface area contributed by atoms with Crippen LogP contribution in [0.1, 0.15) is 29.8 Å². The molecule has 0 aliphatic heterocycles. The fraction of sp³-hybridized carbons (Fsp3) is 0.294. The Hall–Kier alpha value is -2.96. The van der Waals surface area contributed by atoms with Crippen LogP contribution < -0.4 is 5.56 Å². The minimum absolute atomic E-state index is 0.0361. The lowest BCUT2D eigenvalue weighted by Gasteiger charge is -2.13. The molecule has 1 aliphatic rings. The van der Waals surface area contributed by atoms with Crippen molar-refractivity contribution in [3.63, 3.8) is 0 Å². The van der Waals surface area contributed by atoms with Crippen molar-refractivity contribution in [2.75, 3.05) is 0 Å². The van der Waals surface area contributed by atoms with Crippen molar-refractivity contribution in [3.8, 4) is 11.1 Å². The molecule has 1 aromatic carbocycles. The van der Waals surface area contributed by atoms with Crippen molar-refractivity contribution in [3.05, 3.63) is 61.7 Å². The number of nitro groups is 1. The number of benzene rings is 1. The van der Waals surface area contributed by atoms with Crippen molar-refractivity contribution in [1.82, 2.24) is 14.6 Å². The average molecular weight is 324 g/mol. The maximum atomic E-state index is 12.7. The number of aryl methyl sites for hydroxylation is 2. The van der Waals surface area contributed by atoms with E-state index in [9.17, 15) is 14.9 Å². The van der Waals surface area contributed by atoms with E-state index in [4.69, 9.17) is 4.98 Å². The summed E-state index contributed by atoms with van der Waals surface area (Å²) >= 11 is 0. The largest absolute Gasteiger partial charge is 0.293 e. The molecule has 2 heterocycles. The summed E-state index contributed by atoms with van der Waals surface area (Å²) in [5.41, 5.74) is 4.71. The van der Waals surface area contributed by atoms with Crippen LogP contribution in [0.25, 0.3) is 16.8 Å². The number of non-ortho nitro benzene ring substituents is 1. The molecule has 7 heteroatoms. The van der Waals surface area contributed by atoms with Crippen LogP contribution in [0.3, 0.4) is 0 Å². The number of aromatic amines is 1. The Bertz CT molecular complexity index is 1010. The fourth-order valence-corrected chi connectivity index (χ4v) is 3.41. The minimum atomic E-state index is -0.426. The number of hydrogen-bond acceptors (Lipinski definition) is 4. The maximum absolute atomic E-state index is 12.7. The van der Waals surface area contributed by atoms with Crippen LogP contribution in [0.4, 0.5) is 5.69 Å². The van der Waals surface area contributed by atoms with Gasteiger partial charge in [-0.3, -0.25) is 20.0 Å². The Kier molecular flexibility index (Phi) is 3.23. The summed E-state index contributed by atoms with van der Waals surface area (Å²) in [6.07, 6.45) is 3.66. The number of nitrogens with zero attached hydrogens (tertiary/aromatic N) is 3. The third kappa shape index (κ3) is 2.12. The molecule has 1 aliphatic carbocycles. The first-order valence-electron chi connectivity index (χ1n) is 7.94. The summed E-state index contributed by atoms with van der Waals surface area (Å²) in [4.78, 5) is 27.8. The predicted octanol–water partition coefficient (Wildman–Crippen LogP) is 2.79. The second-order valence-electron chi connectivity index (χ2n) is 6.12. The van der Waals surface area contributed by atoms with Crippen LogP contribution in [0.15, 0.2) is 29.1 Å². The van der Waals surface area contributed by atoms with Gasteiger partial charge in [0.25, 0.3) is 11.2 Å². The van der Waals surface area contributed by atoms with Gasteiger partial charge in [-0.25, -0.2) is 9.50 Å². The molecule has 1 N–H and O–H groups in total. The van der Waals surface area contributed by atoms with Crippen LogP contribution in [-0.2, 0) is 12.8 Å². The molecule has 0 saturated carbocycles. The van der Waals surface area contributed by atoms with E-state index >= 15 is 0 Å². The Morgan fingerprint density at radius 3 is 2.62 bits per heavy atom. The summed E-state index contributed by atoms with van der Waals surface area (Å²) in [5.74, 6) is 0. The molecule has 4 rings (SSSR count). The summed E-state index contributed by atoms with van der Waals surface area (Å²) in [6.45, 7) is 1.88. The van der Waals surface area contributed by atoms with Crippen molar-refractivity contribution < 1.29 is 4.92 Å². The zero-order valence-electron chi connectivity index (χ0n) is 13.2. The van der Waals surface area contributed by atoms with Gasteiger partial charge in [-0.15, -0.1) is 0 Å². The lowest BCUT2D eigenvalue weighted by molar-refractivity contribution is -0.384. The van der Waals surface area contributed by atoms with Gasteiger partial charge in [-0.1, -0.05) is 0 Å². The molecule has 2 aromatic heterocycles. The molecule has 0 fully saturated rings. The van der Waals surface area contributed by atoms with Crippen molar-refractivity contribution in [1.29, 1.82) is 0 Å². The molecule has 0 radical (unpaired) electrons. The van der Waals surface area contributed by atoms with Crippen LogP contribution in [0.5, 0.6) is 0 Å². The molecule has 0 unspecified atom stereocenters. The summed E-state index contributed by atoms with van der Waals surface area (Å²) in [7, 11) is 0. The maximum Gasteiger partial charge on any atom is 0.276 e. The van der Waals surface area contributed by atoms with Gasteiger partial charge in [0.1, 0.15) is 0 Å². The smallest absolute Gasteiger partial charge is 0.276 e. The van der Waals surface area contributed by atoms with E-state index in [1.165, 1.54) is 16.6 Å². The van der Waals surface area contributed by atoms with Crippen LogP contribution >= 0.6 is 0 Å². The number of nitrogens with one attached hydrogen (secondary N) is 1. The second kappa shape index (κ2) is 5.30. The first kappa shape index (κ1) is 14.6. The molecular weight excluding hydrogens is 308 g/mol. The lowest BCUT2D eigenvalue weighted by atomic mass is 9.97. The highest BCUT2D eigenvalue weighted by atomic mass is 16.6. The summed E-state index contributed by atoms with van der Waals surface area (Å²) < 4.78 is 1.50. The zero-order valence-corrected chi connectivity index (χ0v) is 13.2. The first-order chi connectivity index (χ1) is 11.6. The molecule has 24 heavy (non-hydrogen) atoms. The van der Waals surface area contributed by atoms with E-state index in [1.54, 1.807) is 12.1 Å². The molecule has 0 bridgehead atoms. The van der Waals surface area contributed by atoms with Crippen molar-refractivity contribution >= 4 is 11.3 Å². The predicted molar refractivity (Wildman–Crippen MR) is 89.3 cm³/mol. The number of aromatic nitrogens is 3. The van der Waals surface area contributed by atoms with E-state index < -0.39 is 4.92 Å². The minimum Gasteiger partial charge on any atom is -0.293 e. The van der Waals surface area contributed by atoms with Gasteiger partial charge < -0.3 is 0 Å². The quantitative estimate of drug-likeness (QED) is 0.579. The summed E-state index contributed by atoms with van der Waals surface area (Å²) in [6, 6.07) is 6.32. The van der Waals surface area contributed by atoms with E-state index in [1.807, 2.05) is 6.92 Å². The van der Waals surface area contributed by atoms with Gasteiger partial charge in [0.2, 0.25) is 0 Å². The Labute approximate surface area is 137 Å². The number of rotatable bonds is 2. The average Bonchev–Trinajstić information content (AvgIpc) is 2.91. The molecule has 7 nitrogen and oxygen atoms in total. The Balaban J connectivity index is 1.95.